The Hall–Kier alpha value is -0.410. The lowest BCUT2D eigenvalue weighted by atomic mass is 9.82. The van der Waals surface area contributed by atoms with Crippen LogP contribution in [-0.2, 0) is 4.79 Å². The molecule has 0 aromatic heterocycles. The van der Waals surface area contributed by atoms with Gasteiger partial charge in [0.05, 0.1) is 6.54 Å². The molecule has 3 fully saturated rings. The third-order valence-electron chi connectivity index (χ3n) is 3.83. The quantitative estimate of drug-likeness (QED) is 0.720. The molecule has 0 aromatic carbocycles. The van der Waals surface area contributed by atoms with Crippen LogP contribution in [0.25, 0.3) is 0 Å². The average molecular weight is 196 g/mol. The first-order valence-electron chi connectivity index (χ1n) is 5.73. The Morgan fingerprint density at radius 3 is 2.50 bits per heavy atom. The van der Waals surface area contributed by atoms with E-state index in [1.165, 1.54) is 38.9 Å². The number of fused-ring (bicyclic) bond motifs is 4. The summed E-state index contributed by atoms with van der Waals surface area (Å²) in [6, 6.07) is 0. The van der Waals surface area contributed by atoms with Crippen LogP contribution in [0.2, 0.25) is 0 Å². The molecule has 3 saturated heterocycles. The van der Waals surface area contributed by atoms with Gasteiger partial charge in [0, 0.05) is 6.42 Å². The average Bonchev–Trinajstić information content (AvgIpc) is 2.52. The Morgan fingerprint density at radius 2 is 1.86 bits per heavy atom. The summed E-state index contributed by atoms with van der Waals surface area (Å²) in [5, 5.41) is 0. The van der Waals surface area contributed by atoms with Gasteiger partial charge in [-0.05, 0) is 50.7 Å². The highest BCUT2D eigenvalue weighted by Gasteiger charge is 2.31. The standard InChI is InChI=1S/C11H20N2O/c12-8-11(14)7-10-3-6-13-4-1-9(10)2-5-13/h9-10H,1-8,12H2. The molecule has 0 saturated carbocycles. The molecule has 2 bridgehead atoms. The molecule has 3 rings (SSSR count). The predicted octanol–water partition coefficient (Wildman–Crippen LogP) is 0.636. The zero-order valence-corrected chi connectivity index (χ0v) is 8.74. The molecule has 0 spiro atoms. The topological polar surface area (TPSA) is 46.3 Å². The fourth-order valence-electron chi connectivity index (χ4n) is 2.88. The number of carbonyl (C=O) groups excluding carboxylic acids is 1. The van der Waals surface area contributed by atoms with Crippen molar-refractivity contribution in [3.63, 3.8) is 0 Å². The summed E-state index contributed by atoms with van der Waals surface area (Å²) in [6.07, 6.45) is 4.52. The summed E-state index contributed by atoms with van der Waals surface area (Å²) in [7, 11) is 0. The number of rotatable bonds is 3. The second kappa shape index (κ2) is 4.41. The minimum absolute atomic E-state index is 0.229. The van der Waals surface area contributed by atoms with Crippen LogP contribution in [0, 0.1) is 11.8 Å². The van der Waals surface area contributed by atoms with Crippen molar-refractivity contribution in [2.75, 3.05) is 26.2 Å². The molecular formula is C11H20N2O. The Kier molecular flexibility index (Phi) is 3.19. The van der Waals surface area contributed by atoms with Gasteiger partial charge in [-0.25, -0.2) is 0 Å². The van der Waals surface area contributed by atoms with Crippen molar-refractivity contribution >= 4 is 5.78 Å². The molecule has 3 aliphatic rings. The van der Waals surface area contributed by atoms with Crippen molar-refractivity contribution < 1.29 is 4.79 Å². The molecule has 2 N–H and O–H groups in total. The van der Waals surface area contributed by atoms with Gasteiger partial charge in [0.25, 0.3) is 0 Å². The minimum Gasteiger partial charge on any atom is -0.324 e. The van der Waals surface area contributed by atoms with Gasteiger partial charge in [0.2, 0.25) is 0 Å². The highest BCUT2D eigenvalue weighted by molar-refractivity contribution is 5.80. The summed E-state index contributed by atoms with van der Waals surface area (Å²) < 4.78 is 0. The number of ketones is 1. The Morgan fingerprint density at radius 1 is 1.21 bits per heavy atom. The number of nitrogens with two attached hydrogens (primary N) is 1. The van der Waals surface area contributed by atoms with Crippen molar-refractivity contribution in [2.45, 2.75) is 25.7 Å². The molecule has 0 amide bonds. The Labute approximate surface area is 85.6 Å². The van der Waals surface area contributed by atoms with Gasteiger partial charge in [-0.3, -0.25) is 4.79 Å². The van der Waals surface area contributed by atoms with Gasteiger partial charge >= 0.3 is 0 Å². The predicted molar refractivity (Wildman–Crippen MR) is 55.9 cm³/mol. The lowest BCUT2D eigenvalue weighted by molar-refractivity contribution is -0.119. The van der Waals surface area contributed by atoms with Crippen molar-refractivity contribution in [1.29, 1.82) is 0 Å². The van der Waals surface area contributed by atoms with Gasteiger partial charge in [0.1, 0.15) is 5.78 Å². The van der Waals surface area contributed by atoms with E-state index < -0.39 is 0 Å². The lowest BCUT2D eigenvalue weighted by Gasteiger charge is -2.28. The highest BCUT2D eigenvalue weighted by Crippen LogP contribution is 2.33. The van der Waals surface area contributed by atoms with E-state index in [4.69, 9.17) is 5.73 Å². The monoisotopic (exact) mass is 196 g/mol. The molecule has 3 nitrogen and oxygen atoms in total. The third kappa shape index (κ3) is 2.15. The number of piperidine rings is 1. The molecule has 3 heterocycles. The van der Waals surface area contributed by atoms with Gasteiger partial charge in [-0.2, -0.15) is 0 Å². The van der Waals surface area contributed by atoms with E-state index in [-0.39, 0.29) is 12.3 Å². The fraction of sp³-hybridized carbons (Fsp3) is 0.909. The number of carbonyl (C=O) groups is 1. The third-order valence-corrected chi connectivity index (χ3v) is 3.83. The summed E-state index contributed by atoms with van der Waals surface area (Å²) in [5.74, 6) is 1.66. The first-order valence-corrected chi connectivity index (χ1v) is 5.73. The SMILES string of the molecule is NCC(=O)CC1CCN2CCC1CC2. The maximum absolute atomic E-state index is 11.3. The molecule has 0 aliphatic carbocycles. The Balaban J connectivity index is 1.94. The number of hydrogen-bond donors (Lipinski definition) is 1. The lowest BCUT2D eigenvalue weighted by Crippen LogP contribution is -2.31. The molecule has 1 unspecified atom stereocenters. The molecular weight excluding hydrogens is 176 g/mol. The molecule has 0 aromatic rings. The second-order valence-electron chi connectivity index (χ2n) is 4.67. The number of nitrogens with zero attached hydrogens (tertiary/aromatic N) is 1. The second-order valence-corrected chi connectivity index (χ2v) is 4.67. The molecule has 3 heteroatoms. The van der Waals surface area contributed by atoms with E-state index in [2.05, 4.69) is 4.90 Å². The van der Waals surface area contributed by atoms with Gasteiger partial charge in [-0.15, -0.1) is 0 Å². The van der Waals surface area contributed by atoms with E-state index in [1.807, 2.05) is 0 Å². The molecule has 80 valence electrons. The minimum atomic E-state index is 0.229. The summed E-state index contributed by atoms with van der Waals surface area (Å²) in [4.78, 5) is 13.9. The van der Waals surface area contributed by atoms with Crippen LogP contribution in [0.1, 0.15) is 25.7 Å². The molecule has 0 radical (unpaired) electrons. The van der Waals surface area contributed by atoms with Crippen LogP contribution in [0.4, 0.5) is 0 Å². The van der Waals surface area contributed by atoms with E-state index in [0.29, 0.717) is 5.92 Å². The smallest absolute Gasteiger partial charge is 0.146 e. The van der Waals surface area contributed by atoms with Crippen molar-refractivity contribution in [2.24, 2.45) is 17.6 Å². The van der Waals surface area contributed by atoms with Crippen LogP contribution in [0.15, 0.2) is 0 Å². The van der Waals surface area contributed by atoms with Gasteiger partial charge in [0.15, 0.2) is 0 Å². The van der Waals surface area contributed by atoms with Crippen LogP contribution < -0.4 is 5.73 Å². The number of hydrogen-bond acceptors (Lipinski definition) is 3. The van der Waals surface area contributed by atoms with E-state index in [1.54, 1.807) is 0 Å². The molecule has 1 atom stereocenters. The van der Waals surface area contributed by atoms with Crippen LogP contribution >= 0.6 is 0 Å². The van der Waals surface area contributed by atoms with E-state index in [0.717, 1.165) is 12.3 Å². The first-order chi connectivity index (χ1) is 6.79. The van der Waals surface area contributed by atoms with Crippen molar-refractivity contribution in [3.8, 4) is 0 Å². The highest BCUT2D eigenvalue weighted by atomic mass is 16.1. The fourth-order valence-corrected chi connectivity index (χ4v) is 2.88. The van der Waals surface area contributed by atoms with Gasteiger partial charge < -0.3 is 10.6 Å². The van der Waals surface area contributed by atoms with Crippen molar-refractivity contribution in [1.82, 2.24) is 4.90 Å². The normalized spacial score (nSPS) is 36.8. The maximum Gasteiger partial charge on any atom is 0.146 e. The zero-order chi connectivity index (χ0) is 9.97. The maximum atomic E-state index is 11.3. The Bertz CT molecular complexity index is 209. The summed E-state index contributed by atoms with van der Waals surface area (Å²) >= 11 is 0. The van der Waals surface area contributed by atoms with Crippen LogP contribution in [0.3, 0.4) is 0 Å². The number of Topliss-reactive ketones (excluding diaryl/α,β-unsaturated/α-hetero) is 1. The van der Waals surface area contributed by atoms with Crippen molar-refractivity contribution in [3.05, 3.63) is 0 Å². The summed E-state index contributed by atoms with van der Waals surface area (Å²) in [6.45, 7) is 3.92. The summed E-state index contributed by atoms with van der Waals surface area (Å²) in [5.41, 5.74) is 5.37. The molecule has 14 heavy (non-hydrogen) atoms. The van der Waals surface area contributed by atoms with Gasteiger partial charge in [-0.1, -0.05) is 0 Å². The largest absolute Gasteiger partial charge is 0.324 e. The molecule has 3 aliphatic heterocycles. The van der Waals surface area contributed by atoms with Crippen LogP contribution in [-0.4, -0.2) is 36.9 Å². The van der Waals surface area contributed by atoms with E-state index >= 15 is 0 Å². The van der Waals surface area contributed by atoms with E-state index in [9.17, 15) is 4.79 Å². The zero-order valence-electron chi connectivity index (χ0n) is 8.74. The first kappa shape index (κ1) is 10.1. The van der Waals surface area contributed by atoms with Crippen LogP contribution in [0.5, 0.6) is 0 Å².